The summed E-state index contributed by atoms with van der Waals surface area (Å²) in [5.41, 5.74) is 3.64. The van der Waals surface area contributed by atoms with E-state index in [1.807, 2.05) is 13.0 Å². The van der Waals surface area contributed by atoms with Crippen molar-refractivity contribution in [3.8, 4) is 11.5 Å². The molecule has 0 saturated heterocycles. The number of methoxy groups -OCH3 is 2. The molecule has 1 aliphatic heterocycles. The number of aryl methyl sites for hydroxylation is 1. The lowest BCUT2D eigenvalue weighted by atomic mass is 9.99. The first-order valence-corrected chi connectivity index (χ1v) is 8.18. The quantitative estimate of drug-likeness (QED) is 0.878. The number of fused-ring (bicyclic) bond motifs is 1. The van der Waals surface area contributed by atoms with Gasteiger partial charge in [0.2, 0.25) is 0 Å². The Morgan fingerprint density at radius 3 is 2.54 bits per heavy atom. The Bertz CT molecular complexity index is 705. The molecule has 0 saturated carbocycles. The molecular weight excluding hydrogens is 304 g/mol. The first-order valence-electron chi connectivity index (χ1n) is 8.18. The van der Waals surface area contributed by atoms with Crippen LogP contribution in [0.5, 0.6) is 11.5 Å². The third-order valence-corrected chi connectivity index (χ3v) is 4.34. The van der Waals surface area contributed by atoms with Crippen LogP contribution in [-0.2, 0) is 13.0 Å². The number of nitrogens with zero attached hydrogens (tertiary/aromatic N) is 3. The lowest BCUT2D eigenvalue weighted by Crippen LogP contribution is -2.34. The zero-order valence-electron chi connectivity index (χ0n) is 14.5. The largest absolute Gasteiger partial charge is 0.493 e. The SMILES string of the molecule is COc1cc2c(cc1OC)CN(CCNc1cc(C)ncn1)CC2. The van der Waals surface area contributed by atoms with Crippen molar-refractivity contribution >= 4 is 5.82 Å². The molecule has 6 nitrogen and oxygen atoms in total. The minimum atomic E-state index is 0.799. The number of hydrogen-bond donors (Lipinski definition) is 1. The van der Waals surface area contributed by atoms with Crippen molar-refractivity contribution in [1.82, 2.24) is 14.9 Å². The summed E-state index contributed by atoms with van der Waals surface area (Å²) < 4.78 is 10.8. The van der Waals surface area contributed by atoms with Crippen LogP contribution >= 0.6 is 0 Å². The van der Waals surface area contributed by atoms with E-state index in [9.17, 15) is 0 Å². The second-order valence-corrected chi connectivity index (χ2v) is 5.97. The predicted molar refractivity (Wildman–Crippen MR) is 93.8 cm³/mol. The van der Waals surface area contributed by atoms with Gasteiger partial charge in [-0.25, -0.2) is 9.97 Å². The summed E-state index contributed by atoms with van der Waals surface area (Å²) >= 11 is 0. The minimum Gasteiger partial charge on any atom is -0.493 e. The molecule has 0 spiro atoms. The Kier molecular flexibility index (Phi) is 5.15. The van der Waals surface area contributed by atoms with E-state index in [4.69, 9.17) is 9.47 Å². The highest BCUT2D eigenvalue weighted by atomic mass is 16.5. The van der Waals surface area contributed by atoms with Gasteiger partial charge in [-0.1, -0.05) is 0 Å². The molecule has 0 fully saturated rings. The summed E-state index contributed by atoms with van der Waals surface area (Å²) in [4.78, 5) is 10.8. The first-order chi connectivity index (χ1) is 11.7. The summed E-state index contributed by atoms with van der Waals surface area (Å²) in [6.07, 6.45) is 2.62. The lowest BCUT2D eigenvalue weighted by Gasteiger charge is -2.29. The van der Waals surface area contributed by atoms with Crippen LogP contribution in [0.4, 0.5) is 5.82 Å². The fourth-order valence-electron chi connectivity index (χ4n) is 3.03. The summed E-state index contributed by atoms with van der Waals surface area (Å²) in [6.45, 7) is 5.78. The average Bonchev–Trinajstić information content (AvgIpc) is 2.60. The Balaban J connectivity index is 1.58. The summed E-state index contributed by atoms with van der Waals surface area (Å²) in [5.74, 6) is 2.49. The van der Waals surface area contributed by atoms with E-state index in [1.54, 1.807) is 20.5 Å². The first kappa shape index (κ1) is 16.5. The van der Waals surface area contributed by atoms with E-state index >= 15 is 0 Å². The smallest absolute Gasteiger partial charge is 0.161 e. The van der Waals surface area contributed by atoms with Gasteiger partial charge < -0.3 is 14.8 Å². The van der Waals surface area contributed by atoms with Gasteiger partial charge in [0, 0.05) is 37.9 Å². The second kappa shape index (κ2) is 7.49. The highest BCUT2D eigenvalue weighted by molar-refractivity contribution is 5.48. The molecule has 128 valence electrons. The van der Waals surface area contributed by atoms with Gasteiger partial charge in [-0.2, -0.15) is 0 Å². The number of nitrogens with one attached hydrogen (secondary N) is 1. The fraction of sp³-hybridized carbons (Fsp3) is 0.444. The van der Waals surface area contributed by atoms with Crippen LogP contribution in [0.15, 0.2) is 24.5 Å². The molecule has 0 atom stereocenters. The van der Waals surface area contributed by atoms with E-state index < -0.39 is 0 Å². The molecule has 1 aromatic heterocycles. The Morgan fingerprint density at radius 1 is 1.08 bits per heavy atom. The Morgan fingerprint density at radius 2 is 1.83 bits per heavy atom. The maximum absolute atomic E-state index is 5.42. The van der Waals surface area contributed by atoms with Crippen molar-refractivity contribution < 1.29 is 9.47 Å². The van der Waals surface area contributed by atoms with E-state index in [-0.39, 0.29) is 0 Å². The monoisotopic (exact) mass is 328 g/mol. The van der Waals surface area contributed by atoms with E-state index in [2.05, 4.69) is 32.3 Å². The van der Waals surface area contributed by atoms with Gasteiger partial charge in [-0.3, -0.25) is 4.90 Å². The molecule has 24 heavy (non-hydrogen) atoms. The summed E-state index contributed by atoms with van der Waals surface area (Å²) in [6, 6.07) is 6.16. The van der Waals surface area contributed by atoms with Crippen LogP contribution in [0.25, 0.3) is 0 Å². The van der Waals surface area contributed by atoms with Crippen molar-refractivity contribution in [2.45, 2.75) is 19.9 Å². The van der Waals surface area contributed by atoms with Gasteiger partial charge in [0.15, 0.2) is 11.5 Å². The summed E-state index contributed by atoms with van der Waals surface area (Å²) in [7, 11) is 3.36. The third-order valence-electron chi connectivity index (χ3n) is 4.34. The van der Waals surface area contributed by atoms with Crippen LogP contribution in [0.1, 0.15) is 16.8 Å². The van der Waals surface area contributed by atoms with Crippen LogP contribution in [0, 0.1) is 6.92 Å². The van der Waals surface area contributed by atoms with Crippen LogP contribution < -0.4 is 14.8 Å². The number of benzene rings is 1. The molecule has 0 unspecified atom stereocenters. The molecule has 3 rings (SSSR count). The van der Waals surface area contributed by atoms with Crippen LogP contribution in [-0.4, -0.2) is 48.7 Å². The molecule has 1 aromatic carbocycles. The predicted octanol–water partition coefficient (Wildman–Crippen LogP) is 2.27. The van der Waals surface area contributed by atoms with Gasteiger partial charge in [-0.15, -0.1) is 0 Å². The number of hydrogen-bond acceptors (Lipinski definition) is 6. The third kappa shape index (κ3) is 3.76. The summed E-state index contributed by atoms with van der Waals surface area (Å²) in [5, 5.41) is 3.36. The van der Waals surface area contributed by atoms with Crippen LogP contribution in [0.2, 0.25) is 0 Å². The van der Waals surface area contributed by atoms with Gasteiger partial charge in [-0.05, 0) is 36.6 Å². The Hall–Kier alpha value is -2.34. The van der Waals surface area contributed by atoms with Gasteiger partial charge >= 0.3 is 0 Å². The number of aromatic nitrogens is 2. The molecule has 0 bridgehead atoms. The molecule has 6 heteroatoms. The van der Waals surface area contributed by atoms with E-state index in [0.717, 1.165) is 55.6 Å². The maximum atomic E-state index is 5.42. The highest BCUT2D eigenvalue weighted by Gasteiger charge is 2.19. The second-order valence-electron chi connectivity index (χ2n) is 5.97. The molecule has 1 aliphatic rings. The Labute approximate surface area is 142 Å². The average molecular weight is 328 g/mol. The molecule has 0 aliphatic carbocycles. The molecular formula is C18H24N4O2. The minimum absolute atomic E-state index is 0.799. The maximum Gasteiger partial charge on any atom is 0.161 e. The lowest BCUT2D eigenvalue weighted by molar-refractivity contribution is 0.262. The zero-order chi connectivity index (χ0) is 16.9. The standard InChI is InChI=1S/C18H24N4O2/c1-13-8-18(21-12-20-13)19-5-7-22-6-4-14-9-16(23-2)17(24-3)10-15(14)11-22/h8-10,12H,4-7,11H2,1-3H3,(H,19,20,21). The van der Waals surface area contributed by atoms with Gasteiger partial charge in [0.05, 0.1) is 14.2 Å². The number of ether oxygens (including phenoxy) is 2. The molecule has 1 N–H and O–H groups in total. The van der Waals surface area contributed by atoms with Crippen molar-refractivity contribution in [1.29, 1.82) is 0 Å². The molecule has 2 aromatic rings. The fourth-order valence-corrected chi connectivity index (χ4v) is 3.03. The zero-order valence-corrected chi connectivity index (χ0v) is 14.5. The topological polar surface area (TPSA) is 59.5 Å². The normalized spacial score (nSPS) is 14.1. The molecule has 2 heterocycles. The van der Waals surface area contributed by atoms with Crippen molar-refractivity contribution in [2.75, 3.05) is 39.2 Å². The molecule has 0 amide bonds. The van der Waals surface area contributed by atoms with Crippen LogP contribution in [0.3, 0.4) is 0 Å². The van der Waals surface area contributed by atoms with Crippen molar-refractivity contribution in [3.05, 3.63) is 41.3 Å². The van der Waals surface area contributed by atoms with E-state index in [0.29, 0.717) is 0 Å². The number of rotatable bonds is 6. The van der Waals surface area contributed by atoms with Crippen molar-refractivity contribution in [2.24, 2.45) is 0 Å². The van der Waals surface area contributed by atoms with Crippen molar-refractivity contribution in [3.63, 3.8) is 0 Å². The molecule has 0 radical (unpaired) electrons. The van der Waals surface area contributed by atoms with Gasteiger partial charge in [0.25, 0.3) is 0 Å². The number of anilines is 1. The van der Waals surface area contributed by atoms with E-state index in [1.165, 1.54) is 11.1 Å². The van der Waals surface area contributed by atoms with Gasteiger partial charge in [0.1, 0.15) is 12.1 Å². The highest BCUT2D eigenvalue weighted by Crippen LogP contribution is 2.33.